The van der Waals surface area contributed by atoms with Gasteiger partial charge in [0, 0.05) is 5.56 Å². The molecule has 0 aliphatic rings. The number of aromatic amines is 2. The molecule has 0 aliphatic carbocycles. The molecule has 5 nitrogen and oxygen atoms in total. The molecule has 0 amide bonds. The molecule has 2 heterocycles. The van der Waals surface area contributed by atoms with Crippen LogP contribution in [-0.2, 0) is 6.42 Å². The standard InChI is InChI=1S/C13H12N4OS/c1-2-8-3-5-9(6-4-8)10-7-11-12(18)14-15-13(19)17(11)16-10/h3-7H,2H2,1H3,(H,14,18)(H,15,19). The van der Waals surface area contributed by atoms with Crippen LogP contribution in [0, 0.1) is 4.77 Å². The van der Waals surface area contributed by atoms with Crippen LogP contribution in [0.2, 0.25) is 0 Å². The number of rotatable bonds is 2. The summed E-state index contributed by atoms with van der Waals surface area (Å²) >= 11 is 5.09. The lowest BCUT2D eigenvalue weighted by atomic mass is 10.1. The largest absolute Gasteiger partial charge is 0.288 e. The van der Waals surface area contributed by atoms with E-state index in [1.807, 2.05) is 12.1 Å². The van der Waals surface area contributed by atoms with E-state index in [-0.39, 0.29) is 5.56 Å². The number of benzene rings is 1. The minimum Gasteiger partial charge on any atom is -0.272 e. The van der Waals surface area contributed by atoms with Gasteiger partial charge in [-0.15, -0.1) is 0 Å². The number of aryl methyl sites for hydroxylation is 1. The van der Waals surface area contributed by atoms with Crippen molar-refractivity contribution in [3.63, 3.8) is 0 Å². The summed E-state index contributed by atoms with van der Waals surface area (Å²) in [6.07, 6.45) is 0.996. The van der Waals surface area contributed by atoms with Crippen LogP contribution in [0.3, 0.4) is 0 Å². The minimum absolute atomic E-state index is 0.238. The molecule has 0 fully saturated rings. The Morgan fingerprint density at radius 1 is 1.26 bits per heavy atom. The molecule has 0 radical (unpaired) electrons. The van der Waals surface area contributed by atoms with Crippen molar-refractivity contribution < 1.29 is 0 Å². The Morgan fingerprint density at radius 3 is 2.63 bits per heavy atom. The van der Waals surface area contributed by atoms with Gasteiger partial charge in [-0.05, 0) is 30.3 Å². The molecule has 3 rings (SSSR count). The molecule has 0 bridgehead atoms. The van der Waals surface area contributed by atoms with Gasteiger partial charge in [0.05, 0.1) is 5.69 Å². The number of H-pyrrole nitrogens is 2. The molecule has 0 aliphatic heterocycles. The second kappa shape index (κ2) is 4.47. The fraction of sp³-hybridized carbons (Fsp3) is 0.154. The minimum atomic E-state index is -0.238. The highest BCUT2D eigenvalue weighted by molar-refractivity contribution is 7.71. The quantitative estimate of drug-likeness (QED) is 0.703. The van der Waals surface area contributed by atoms with Crippen molar-refractivity contribution in [1.29, 1.82) is 0 Å². The summed E-state index contributed by atoms with van der Waals surface area (Å²) in [5.41, 5.74) is 3.17. The fourth-order valence-electron chi connectivity index (χ4n) is 1.98. The van der Waals surface area contributed by atoms with Gasteiger partial charge < -0.3 is 0 Å². The maximum Gasteiger partial charge on any atom is 0.288 e. The second-order valence-electron chi connectivity index (χ2n) is 4.26. The summed E-state index contributed by atoms with van der Waals surface area (Å²) in [5, 5.41) is 9.44. The Hall–Kier alpha value is -2.21. The van der Waals surface area contributed by atoms with E-state index >= 15 is 0 Å². The van der Waals surface area contributed by atoms with E-state index in [1.54, 1.807) is 6.07 Å². The van der Waals surface area contributed by atoms with Gasteiger partial charge in [-0.2, -0.15) is 9.61 Å². The molecule has 1 aromatic carbocycles. The molecule has 0 spiro atoms. The lowest BCUT2D eigenvalue weighted by molar-refractivity contribution is 0.829. The first-order chi connectivity index (χ1) is 9.19. The van der Waals surface area contributed by atoms with Crippen molar-refractivity contribution in [2.24, 2.45) is 0 Å². The van der Waals surface area contributed by atoms with Crippen molar-refractivity contribution in [2.75, 3.05) is 0 Å². The molecule has 0 atom stereocenters. The Kier molecular flexibility index (Phi) is 2.79. The molecule has 0 saturated carbocycles. The van der Waals surface area contributed by atoms with Crippen molar-refractivity contribution in [3.8, 4) is 11.3 Å². The molecule has 96 valence electrons. The maximum atomic E-state index is 11.7. The third kappa shape index (κ3) is 2.00. The van der Waals surface area contributed by atoms with Gasteiger partial charge in [0.25, 0.3) is 5.56 Å². The Balaban J connectivity index is 2.20. The second-order valence-corrected chi connectivity index (χ2v) is 4.65. The highest BCUT2D eigenvalue weighted by atomic mass is 32.1. The van der Waals surface area contributed by atoms with Gasteiger partial charge in [0.15, 0.2) is 0 Å². The Morgan fingerprint density at radius 2 is 2.00 bits per heavy atom. The van der Waals surface area contributed by atoms with Crippen LogP contribution in [0.15, 0.2) is 35.1 Å². The van der Waals surface area contributed by atoms with E-state index in [0.717, 1.165) is 17.7 Å². The Bertz CT molecular complexity index is 794. The summed E-state index contributed by atoms with van der Waals surface area (Å²) < 4.78 is 1.81. The molecule has 2 aromatic heterocycles. The molecule has 19 heavy (non-hydrogen) atoms. The van der Waals surface area contributed by atoms with Crippen LogP contribution in [0.4, 0.5) is 0 Å². The van der Waals surface area contributed by atoms with E-state index in [0.29, 0.717) is 10.3 Å². The number of nitrogens with zero attached hydrogens (tertiary/aromatic N) is 2. The van der Waals surface area contributed by atoms with Crippen molar-refractivity contribution in [3.05, 3.63) is 51.0 Å². The highest BCUT2D eigenvalue weighted by Gasteiger charge is 2.08. The highest BCUT2D eigenvalue weighted by Crippen LogP contribution is 2.19. The van der Waals surface area contributed by atoms with Crippen molar-refractivity contribution in [2.45, 2.75) is 13.3 Å². The van der Waals surface area contributed by atoms with E-state index in [1.165, 1.54) is 10.1 Å². The average molecular weight is 272 g/mol. The van der Waals surface area contributed by atoms with E-state index in [4.69, 9.17) is 12.2 Å². The Labute approximate surface area is 113 Å². The first-order valence-electron chi connectivity index (χ1n) is 5.99. The van der Waals surface area contributed by atoms with E-state index in [2.05, 4.69) is 34.4 Å². The maximum absolute atomic E-state index is 11.7. The zero-order valence-corrected chi connectivity index (χ0v) is 11.1. The lowest BCUT2D eigenvalue weighted by Gasteiger charge is -1.98. The molecule has 2 N–H and O–H groups in total. The first kappa shape index (κ1) is 11.9. The molecule has 6 heteroatoms. The molecular formula is C13H12N4OS. The fourth-order valence-corrected chi connectivity index (χ4v) is 2.17. The van der Waals surface area contributed by atoms with Gasteiger partial charge in [-0.1, -0.05) is 31.2 Å². The summed E-state index contributed by atoms with van der Waals surface area (Å²) in [6, 6.07) is 9.86. The third-order valence-corrected chi connectivity index (χ3v) is 3.35. The number of nitrogens with one attached hydrogen (secondary N) is 2. The molecule has 0 unspecified atom stereocenters. The molecule has 3 aromatic rings. The van der Waals surface area contributed by atoms with Crippen LogP contribution in [-0.4, -0.2) is 19.8 Å². The van der Waals surface area contributed by atoms with Gasteiger partial charge in [-0.3, -0.25) is 15.0 Å². The topological polar surface area (TPSA) is 66.0 Å². The predicted octanol–water partition coefficient (Wildman–Crippen LogP) is 2.31. The normalized spacial score (nSPS) is 11.0. The summed E-state index contributed by atoms with van der Waals surface area (Å²) in [5.74, 6) is 0. The lowest BCUT2D eigenvalue weighted by Crippen LogP contribution is -2.12. The van der Waals surface area contributed by atoms with Gasteiger partial charge >= 0.3 is 0 Å². The SMILES string of the molecule is CCc1ccc(-c2cc3c(=O)[nH][nH]c(=S)n3n2)cc1. The number of fused-ring (bicyclic) bond motifs is 1. The zero-order valence-electron chi connectivity index (χ0n) is 10.3. The van der Waals surface area contributed by atoms with Gasteiger partial charge in [-0.25, -0.2) is 0 Å². The predicted molar refractivity (Wildman–Crippen MR) is 75.8 cm³/mol. The van der Waals surface area contributed by atoms with Crippen molar-refractivity contribution >= 4 is 17.7 Å². The molecule has 0 saturated heterocycles. The number of hydrogen-bond acceptors (Lipinski definition) is 3. The molecular weight excluding hydrogens is 260 g/mol. The van der Waals surface area contributed by atoms with Crippen LogP contribution >= 0.6 is 12.2 Å². The first-order valence-corrected chi connectivity index (χ1v) is 6.40. The number of aromatic nitrogens is 4. The van der Waals surface area contributed by atoms with Crippen LogP contribution in [0.1, 0.15) is 12.5 Å². The number of hydrogen-bond donors (Lipinski definition) is 2. The van der Waals surface area contributed by atoms with Gasteiger partial charge in [0.2, 0.25) is 4.77 Å². The summed E-state index contributed by atoms with van der Waals surface area (Å²) in [7, 11) is 0. The van der Waals surface area contributed by atoms with E-state index < -0.39 is 0 Å². The van der Waals surface area contributed by atoms with Crippen molar-refractivity contribution in [1.82, 2.24) is 19.8 Å². The van der Waals surface area contributed by atoms with Crippen LogP contribution in [0.5, 0.6) is 0 Å². The zero-order chi connectivity index (χ0) is 13.4. The van der Waals surface area contributed by atoms with E-state index in [9.17, 15) is 4.79 Å². The van der Waals surface area contributed by atoms with Crippen LogP contribution < -0.4 is 5.56 Å². The van der Waals surface area contributed by atoms with Crippen LogP contribution in [0.25, 0.3) is 16.8 Å². The summed E-state index contributed by atoms with van der Waals surface area (Å²) in [4.78, 5) is 11.7. The third-order valence-electron chi connectivity index (χ3n) is 3.08. The monoisotopic (exact) mass is 272 g/mol. The smallest absolute Gasteiger partial charge is 0.272 e. The summed E-state index contributed by atoms with van der Waals surface area (Å²) in [6.45, 7) is 2.11. The average Bonchev–Trinajstić information content (AvgIpc) is 2.89. The van der Waals surface area contributed by atoms with Gasteiger partial charge in [0.1, 0.15) is 5.52 Å².